The molecule has 1 unspecified atom stereocenters. The van der Waals surface area contributed by atoms with Crippen LogP contribution in [-0.4, -0.2) is 10.8 Å². The third kappa shape index (κ3) is 2.28. The minimum absolute atomic E-state index is 0.0586. The van der Waals surface area contributed by atoms with Crippen LogP contribution in [-0.2, 0) is 4.79 Å². The molecule has 1 aromatic carbocycles. The summed E-state index contributed by atoms with van der Waals surface area (Å²) in [7, 11) is 0. The Morgan fingerprint density at radius 2 is 2.20 bits per heavy atom. The van der Waals surface area contributed by atoms with E-state index in [2.05, 4.69) is 0 Å². The number of amides is 1. The molecule has 0 aliphatic rings. The van der Waals surface area contributed by atoms with Gasteiger partial charge in [-0.05, 0) is 13.0 Å². The van der Waals surface area contributed by atoms with E-state index >= 15 is 0 Å². The fourth-order valence-electron chi connectivity index (χ4n) is 1.13. The van der Waals surface area contributed by atoms with Gasteiger partial charge in [0.2, 0.25) is 5.91 Å². The van der Waals surface area contributed by atoms with Crippen LogP contribution in [0.1, 0.15) is 18.4 Å². The first-order valence-electron chi connectivity index (χ1n) is 4.16. The SMILES string of the molecule is CC(C(N)=O)c1cc([N+](=O)[O-])ccc1F. The molecule has 0 aromatic heterocycles. The summed E-state index contributed by atoms with van der Waals surface area (Å²) in [5.41, 5.74) is 4.66. The highest BCUT2D eigenvalue weighted by Gasteiger charge is 2.19. The van der Waals surface area contributed by atoms with Crippen LogP contribution in [0.2, 0.25) is 0 Å². The Morgan fingerprint density at radius 1 is 1.60 bits per heavy atom. The topological polar surface area (TPSA) is 86.2 Å². The van der Waals surface area contributed by atoms with Gasteiger partial charge in [0.15, 0.2) is 0 Å². The van der Waals surface area contributed by atoms with Crippen molar-refractivity contribution in [1.29, 1.82) is 0 Å². The van der Waals surface area contributed by atoms with Gasteiger partial charge in [0.05, 0.1) is 10.8 Å². The molecule has 1 rings (SSSR count). The zero-order chi connectivity index (χ0) is 11.6. The molecule has 0 heterocycles. The lowest BCUT2D eigenvalue weighted by molar-refractivity contribution is -0.385. The van der Waals surface area contributed by atoms with E-state index in [1.165, 1.54) is 6.92 Å². The molecular formula is C9H9FN2O3. The molecule has 0 bridgehead atoms. The summed E-state index contributed by atoms with van der Waals surface area (Å²) in [5.74, 6) is -2.29. The molecule has 80 valence electrons. The number of benzene rings is 1. The molecule has 1 amide bonds. The standard InChI is InChI=1S/C9H9FN2O3/c1-5(9(11)13)7-4-6(12(14)15)2-3-8(7)10/h2-5H,1H3,(H2,11,13). The Labute approximate surface area is 84.8 Å². The molecule has 1 aromatic rings. The van der Waals surface area contributed by atoms with Gasteiger partial charge in [-0.2, -0.15) is 0 Å². The number of carbonyl (C=O) groups excluding carboxylic acids is 1. The van der Waals surface area contributed by atoms with Crippen molar-refractivity contribution in [3.63, 3.8) is 0 Å². The van der Waals surface area contributed by atoms with Gasteiger partial charge in [0.25, 0.3) is 5.69 Å². The first-order chi connectivity index (χ1) is 6.93. The number of nitro groups is 1. The van der Waals surface area contributed by atoms with Crippen molar-refractivity contribution >= 4 is 11.6 Å². The minimum atomic E-state index is -0.884. The maximum Gasteiger partial charge on any atom is 0.269 e. The molecule has 2 N–H and O–H groups in total. The van der Waals surface area contributed by atoms with Gasteiger partial charge in [-0.1, -0.05) is 0 Å². The lowest BCUT2D eigenvalue weighted by Gasteiger charge is -2.08. The largest absolute Gasteiger partial charge is 0.369 e. The van der Waals surface area contributed by atoms with Gasteiger partial charge in [-0.3, -0.25) is 14.9 Å². The fourth-order valence-corrected chi connectivity index (χ4v) is 1.13. The summed E-state index contributed by atoms with van der Waals surface area (Å²) in [5, 5.41) is 10.4. The van der Waals surface area contributed by atoms with Gasteiger partial charge in [0.1, 0.15) is 5.82 Å². The smallest absolute Gasteiger partial charge is 0.269 e. The number of nitrogens with two attached hydrogens (primary N) is 1. The number of halogens is 1. The van der Waals surface area contributed by atoms with Gasteiger partial charge < -0.3 is 5.73 Å². The van der Waals surface area contributed by atoms with Crippen molar-refractivity contribution in [2.45, 2.75) is 12.8 Å². The van der Waals surface area contributed by atoms with Crippen LogP contribution in [0, 0.1) is 15.9 Å². The summed E-state index contributed by atoms with van der Waals surface area (Å²) in [4.78, 5) is 20.6. The Bertz CT molecular complexity index is 420. The van der Waals surface area contributed by atoms with E-state index in [0.717, 1.165) is 18.2 Å². The summed E-state index contributed by atoms with van der Waals surface area (Å²) in [6.45, 7) is 1.39. The van der Waals surface area contributed by atoms with E-state index in [4.69, 9.17) is 5.73 Å². The maximum atomic E-state index is 13.2. The van der Waals surface area contributed by atoms with Crippen molar-refractivity contribution in [3.8, 4) is 0 Å². The van der Waals surface area contributed by atoms with E-state index in [-0.39, 0.29) is 11.3 Å². The van der Waals surface area contributed by atoms with E-state index in [0.29, 0.717) is 0 Å². The lowest BCUT2D eigenvalue weighted by Crippen LogP contribution is -2.19. The van der Waals surface area contributed by atoms with E-state index in [1.54, 1.807) is 0 Å². The van der Waals surface area contributed by atoms with E-state index in [1.807, 2.05) is 0 Å². The van der Waals surface area contributed by atoms with E-state index < -0.39 is 22.6 Å². The number of non-ortho nitro benzene ring substituents is 1. The van der Waals surface area contributed by atoms with Crippen molar-refractivity contribution in [1.82, 2.24) is 0 Å². The number of nitro benzene ring substituents is 1. The van der Waals surface area contributed by atoms with Crippen LogP contribution in [0.15, 0.2) is 18.2 Å². The average molecular weight is 212 g/mol. The highest BCUT2D eigenvalue weighted by atomic mass is 19.1. The third-order valence-corrected chi connectivity index (χ3v) is 2.08. The van der Waals surface area contributed by atoms with Crippen molar-refractivity contribution in [2.24, 2.45) is 5.73 Å². The average Bonchev–Trinajstić information content (AvgIpc) is 2.16. The number of carbonyl (C=O) groups is 1. The van der Waals surface area contributed by atoms with Crippen LogP contribution in [0.5, 0.6) is 0 Å². The summed E-state index contributed by atoms with van der Waals surface area (Å²) >= 11 is 0. The predicted octanol–water partition coefficient (Wildman–Crippen LogP) is 1.32. The van der Waals surface area contributed by atoms with Crippen molar-refractivity contribution in [3.05, 3.63) is 39.7 Å². The monoisotopic (exact) mass is 212 g/mol. The third-order valence-electron chi connectivity index (χ3n) is 2.08. The molecule has 15 heavy (non-hydrogen) atoms. The second-order valence-corrected chi connectivity index (χ2v) is 3.09. The number of hydrogen-bond donors (Lipinski definition) is 1. The summed E-state index contributed by atoms with van der Waals surface area (Å²) < 4.78 is 13.2. The number of rotatable bonds is 3. The molecule has 1 atom stereocenters. The van der Waals surface area contributed by atoms with Crippen molar-refractivity contribution < 1.29 is 14.1 Å². The molecule has 0 radical (unpaired) electrons. The van der Waals surface area contributed by atoms with Gasteiger partial charge >= 0.3 is 0 Å². The Kier molecular flexibility index (Phi) is 2.99. The van der Waals surface area contributed by atoms with Crippen LogP contribution in [0.25, 0.3) is 0 Å². The molecule has 0 spiro atoms. The first-order valence-corrected chi connectivity index (χ1v) is 4.16. The van der Waals surface area contributed by atoms with Gasteiger partial charge in [0, 0.05) is 17.7 Å². The van der Waals surface area contributed by atoms with Crippen molar-refractivity contribution in [2.75, 3.05) is 0 Å². The zero-order valence-corrected chi connectivity index (χ0v) is 7.94. The lowest BCUT2D eigenvalue weighted by atomic mass is 9.99. The Balaban J connectivity index is 3.22. The summed E-state index contributed by atoms with van der Waals surface area (Å²) in [6.07, 6.45) is 0. The second-order valence-electron chi connectivity index (χ2n) is 3.09. The molecule has 6 heteroatoms. The number of primary amides is 1. The number of nitrogens with zero attached hydrogens (tertiary/aromatic N) is 1. The summed E-state index contributed by atoms with van der Waals surface area (Å²) in [6, 6.07) is 3.00. The predicted molar refractivity (Wildman–Crippen MR) is 50.7 cm³/mol. The fraction of sp³-hybridized carbons (Fsp3) is 0.222. The van der Waals surface area contributed by atoms with Gasteiger partial charge in [-0.25, -0.2) is 4.39 Å². The van der Waals surface area contributed by atoms with Crippen LogP contribution in [0.4, 0.5) is 10.1 Å². The molecule has 0 fully saturated rings. The highest BCUT2D eigenvalue weighted by molar-refractivity contribution is 5.81. The Morgan fingerprint density at radius 3 is 2.67 bits per heavy atom. The molecule has 0 aliphatic carbocycles. The first kappa shape index (κ1) is 11.1. The molecule has 0 saturated carbocycles. The van der Waals surface area contributed by atoms with E-state index in [9.17, 15) is 19.3 Å². The number of hydrogen-bond acceptors (Lipinski definition) is 3. The Hall–Kier alpha value is -1.98. The normalized spacial score (nSPS) is 12.1. The van der Waals surface area contributed by atoms with Crippen LogP contribution < -0.4 is 5.73 Å². The van der Waals surface area contributed by atoms with Gasteiger partial charge in [-0.15, -0.1) is 0 Å². The molecule has 5 nitrogen and oxygen atoms in total. The quantitative estimate of drug-likeness (QED) is 0.605. The van der Waals surface area contributed by atoms with Crippen LogP contribution in [0.3, 0.4) is 0 Å². The second kappa shape index (κ2) is 4.04. The van der Waals surface area contributed by atoms with Crippen LogP contribution >= 0.6 is 0 Å². The minimum Gasteiger partial charge on any atom is -0.369 e. The molecule has 0 aliphatic heterocycles. The highest BCUT2D eigenvalue weighted by Crippen LogP contribution is 2.23. The molecular weight excluding hydrogens is 203 g/mol. The zero-order valence-electron chi connectivity index (χ0n) is 7.94. The molecule has 0 saturated heterocycles. The maximum absolute atomic E-state index is 13.2.